The summed E-state index contributed by atoms with van der Waals surface area (Å²) in [5, 5.41) is 7.63. The number of rotatable bonds is 3. The first-order chi connectivity index (χ1) is 9.16. The van der Waals surface area contributed by atoms with Gasteiger partial charge in [-0.25, -0.2) is 15.0 Å². The molecular formula is C13H14N4S2. The highest BCUT2D eigenvalue weighted by Gasteiger charge is 2.15. The van der Waals surface area contributed by atoms with Crippen LogP contribution in [0.3, 0.4) is 0 Å². The predicted molar refractivity (Wildman–Crippen MR) is 81.0 cm³/mol. The van der Waals surface area contributed by atoms with E-state index in [1.807, 2.05) is 11.6 Å². The number of thiophene rings is 1. The van der Waals surface area contributed by atoms with Crippen LogP contribution in [-0.2, 0) is 0 Å². The fourth-order valence-corrected chi connectivity index (χ4v) is 3.65. The molecule has 0 saturated heterocycles. The summed E-state index contributed by atoms with van der Waals surface area (Å²) in [6, 6.07) is 0.151. The first kappa shape index (κ1) is 12.5. The Morgan fingerprint density at radius 1 is 1.21 bits per heavy atom. The number of aryl methyl sites for hydroxylation is 2. The molecule has 98 valence electrons. The average Bonchev–Trinajstić information content (AvgIpc) is 3.00. The lowest BCUT2D eigenvalue weighted by Crippen LogP contribution is -2.08. The van der Waals surface area contributed by atoms with Crippen LogP contribution in [0.1, 0.15) is 28.4 Å². The summed E-state index contributed by atoms with van der Waals surface area (Å²) >= 11 is 3.36. The second-order valence-electron chi connectivity index (χ2n) is 4.42. The Bertz CT molecular complexity index is 703. The first-order valence-corrected chi connectivity index (χ1v) is 7.73. The summed E-state index contributed by atoms with van der Waals surface area (Å²) in [7, 11) is 0. The summed E-state index contributed by atoms with van der Waals surface area (Å²) < 4.78 is 0. The average molecular weight is 290 g/mol. The molecule has 0 radical (unpaired) electrons. The second kappa shape index (κ2) is 4.86. The lowest BCUT2D eigenvalue weighted by molar-refractivity contribution is 0.862. The van der Waals surface area contributed by atoms with Gasteiger partial charge in [0.15, 0.2) is 0 Å². The molecule has 0 aromatic carbocycles. The van der Waals surface area contributed by atoms with Crippen molar-refractivity contribution in [1.82, 2.24) is 15.0 Å². The molecule has 1 N–H and O–H groups in total. The number of thiazole rings is 1. The number of hydrogen-bond acceptors (Lipinski definition) is 6. The zero-order valence-corrected chi connectivity index (χ0v) is 12.6. The highest BCUT2D eigenvalue weighted by molar-refractivity contribution is 7.18. The van der Waals surface area contributed by atoms with Crippen molar-refractivity contribution < 1.29 is 0 Å². The van der Waals surface area contributed by atoms with Crippen LogP contribution < -0.4 is 5.32 Å². The third kappa shape index (κ3) is 2.21. The highest BCUT2D eigenvalue weighted by Crippen LogP contribution is 2.33. The molecule has 4 nitrogen and oxygen atoms in total. The maximum Gasteiger partial charge on any atom is 0.139 e. The largest absolute Gasteiger partial charge is 0.360 e. The van der Waals surface area contributed by atoms with Crippen molar-refractivity contribution in [2.24, 2.45) is 0 Å². The van der Waals surface area contributed by atoms with Crippen molar-refractivity contribution in [2.75, 3.05) is 5.32 Å². The van der Waals surface area contributed by atoms with E-state index in [0.29, 0.717) is 0 Å². The van der Waals surface area contributed by atoms with E-state index in [-0.39, 0.29) is 6.04 Å². The Morgan fingerprint density at radius 3 is 2.79 bits per heavy atom. The van der Waals surface area contributed by atoms with Crippen LogP contribution in [-0.4, -0.2) is 15.0 Å². The minimum Gasteiger partial charge on any atom is -0.360 e. The van der Waals surface area contributed by atoms with Gasteiger partial charge in [0.25, 0.3) is 0 Å². The normalized spacial score (nSPS) is 12.8. The quantitative estimate of drug-likeness (QED) is 0.794. The summed E-state index contributed by atoms with van der Waals surface area (Å²) in [4.78, 5) is 15.4. The van der Waals surface area contributed by atoms with Crippen LogP contribution >= 0.6 is 22.7 Å². The van der Waals surface area contributed by atoms with Crippen molar-refractivity contribution in [3.05, 3.63) is 33.4 Å². The van der Waals surface area contributed by atoms with Gasteiger partial charge in [-0.05, 0) is 26.3 Å². The van der Waals surface area contributed by atoms with Gasteiger partial charge < -0.3 is 5.32 Å². The van der Waals surface area contributed by atoms with Gasteiger partial charge in [0.2, 0.25) is 0 Å². The molecule has 3 aromatic rings. The SMILES string of the molecule is Cc1sc2ncnc(N[C@H](C)c3nccs3)c2c1C. The highest BCUT2D eigenvalue weighted by atomic mass is 32.1. The molecular weight excluding hydrogens is 276 g/mol. The van der Waals surface area contributed by atoms with Crippen molar-refractivity contribution in [2.45, 2.75) is 26.8 Å². The minimum atomic E-state index is 0.151. The first-order valence-electron chi connectivity index (χ1n) is 6.03. The Kier molecular flexibility index (Phi) is 3.20. The number of aromatic nitrogens is 3. The molecule has 0 unspecified atom stereocenters. The second-order valence-corrected chi connectivity index (χ2v) is 6.55. The van der Waals surface area contributed by atoms with E-state index in [1.165, 1.54) is 10.4 Å². The Balaban J connectivity index is 2.01. The van der Waals surface area contributed by atoms with Crippen LogP contribution in [0, 0.1) is 13.8 Å². The maximum absolute atomic E-state index is 4.39. The third-order valence-corrected chi connectivity index (χ3v) is 5.21. The minimum absolute atomic E-state index is 0.151. The van der Waals surface area contributed by atoms with Gasteiger partial charge in [0.1, 0.15) is 22.0 Å². The topological polar surface area (TPSA) is 50.7 Å². The van der Waals surface area contributed by atoms with Gasteiger partial charge in [-0.1, -0.05) is 0 Å². The summed E-state index contributed by atoms with van der Waals surface area (Å²) in [6.45, 7) is 6.34. The fourth-order valence-electron chi connectivity index (χ4n) is 2.01. The molecule has 0 saturated carbocycles. The Labute approximate surface area is 119 Å². The van der Waals surface area contributed by atoms with Gasteiger partial charge in [0.05, 0.1) is 11.4 Å². The van der Waals surface area contributed by atoms with Crippen LogP contribution in [0.25, 0.3) is 10.2 Å². The van der Waals surface area contributed by atoms with Gasteiger partial charge >= 0.3 is 0 Å². The zero-order chi connectivity index (χ0) is 13.4. The molecule has 3 aromatic heterocycles. The summed E-state index contributed by atoms with van der Waals surface area (Å²) in [5.74, 6) is 0.898. The predicted octanol–water partition coefficient (Wildman–Crippen LogP) is 3.94. The molecule has 0 aliphatic carbocycles. The number of nitrogens with one attached hydrogen (secondary N) is 1. The smallest absolute Gasteiger partial charge is 0.139 e. The van der Waals surface area contributed by atoms with Crippen molar-refractivity contribution in [1.29, 1.82) is 0 Å². The van der Waals surface area contributed by atoms with Crippen molar-refractivity contribution in [3.63, 3.8) is 0 Å². The van der Waals surface area contributed by atoms with Gasteiger partial charge in [-0.15, -0.1) is 22.7 Å². The maximum atomic E-state index is 4.39. The van der Waals surface area contributed by atoms with Crippen LogP contribution in [0.2, 0.25) is 0 Å². The number of anilines is 1. The molecule has 0 spiro atoms. The lowest BCUT2D eigenvalue weighted by atomic mass is 10.2. The molecule has 0 fully saturated rings. The third-order valence-electron chi connectivity index (χ3n) is 3.14. The monoisotopic (exact) mass is 290 g/mol. The molecule has 0 aliphatic heterocycles. The molecule has 0 bridgehead atoms. The number of hydrogen-bond donors (Lipinski definition) is 1. The van der Waals surface area contributed by atoms with E-state index < -0.39 is 0 Å². The summed E-state index contributed by atoms with van der Waals surface area (Å²) in [6.07, 6.45) is 3.45. The molecule has 6 heteroatoms. The molecule has 1 atom stereocenters. The summed E-state index contributed by atoms with van der Waals surface area (Å²) in [5.41, 5.74) is 1.26. The van der Waals surface area contributed by atoms with Gasteiger partial charge in [0, 0.05) is 16.5 Å². The lowest BCUT2D eigenvalue weighted by Gasteiger charge is -2.12. The van der Waals surface area contributed by atoms with E-state index in [0.717, 1.165) is 21.0 Å². The van der Waals surface area contributed by atoms with Crippen molar-refractivity contribution >= 4 is 38.7 Å². The number of fused-ring (bicyclic) bond motifs is 1. The molecule has 3 heterocycles. The Hall–Kier alpha value is -1.53. The zero-order valence-electron chi connectivity index (χ0n) is 11.0. The van der Waals surface area contributed by atoms with Gasteiger partial charge in [-0.2, -0.15) is 0 Å². The van der Waals surface area contributed by atoms with Crippen molar-refractivity contribution in [3.8, 4) is 0 Å². The number of nitrogens with zero attached hydrogens (tertiary/aromatic N) is 3. The van der Waals surface area contributed by atoms with E-state index in [2.05, 4.69) is 41.0 Å². The van der Waals surface area contributed by atoms with E-state index >= 15 is 0 Å². The standard InChI is InChI=1S/C13H14N4S2/c1-7-9(3)19-13-10(7)11(15-6-16-13)17-8(2)12-14-4-5-18-12/h4-6,8H,1-3H3,(H,15,16,17)/t8-/m1/s1. The van der Waals surface area contributed by atoms with E-state index in [1.54, 1.807) is 29.0 Å². The van der Waals surface area contributed by atoms with E-state index in [4.69, 9.17) is 0 Å². The molecule has 0 aliphatic rings. The molecule has 0 amide bonds. The molecule has 3 rings (SSSR count). The molecule has 19 heavy (non-hydrogen) atoms. The van der Waals surface area contributed by atoms with E-state index in [9.17, 15) is 0 Å². The van der Waals surface area contributed by atoms with Crippen LogP contribution in [0.5, 0.6) is 0 Å². The van der Waals surface area contributed by atoms with Crippen LogP contribution in [0.4, 0.5) is 5.82 Å². The Morgan fingerprint density at radius 2 is 2.05 bits per heavy atom. The van der Waals surface area contributed by atoms with Gasteiger partial charge in [-0.3, -0.25) is 0 Å². The fraction of sp³-hybridized carbons (Fsp3) is 0.308. The van der Waals surface area contributed by atoms with Crippen LogP contribution in [0.15, 0.2) is 17.9 Å².